The van der Waals surface area contributed by atoms with Gasteiger partial charge in [-0.2, -0.15) is 0 Å². The topological polar surface area (TPSA) is 57.5 Å². The number of carbonyl (C=O) groups is 1. The van der Waals surface area contributed by atoms with Crippen molar-refractivity contribution in [3.05, 3.63) is 0 Å². The molecule has 0 aromatic heterocycles. The Morgan fingerprint density at radius 1 is 0.714 bits per heavy atom. The van der Waals surface area contributed by atoms with Crippen molar-refractivity contribution < 1.29 is 15.0 Å². The minimum atomic E-state index is -0.560. The van der Waals surface area contributed by atoms with Crippen LogP contribution in [-0.2, 0) is 4.79 Å². The summed E-state index contributed by atoms with van der Waals surface area (Å²) in [7, 11) is 0. The van der Waals surface area contributed by atoms with Crippen molar-refractivity contribution in [1.29, 1.82) is 0 Å². The molecular formula is C18H36O3. The van der Waals surface area contributed by atoms with Gasteiger partial charge in [-0.15, -0.1) is 0 Å². The molecule has 0 bridgehead atoms. The lowest BCUT2D eigenvalue weighted by molar-refractivity contribution is -0.107. The van der Waals surface area contributed by atoms with Gasteiger partial charge in [-0.05, 0) is 19.3 Å². The van der Waals surface area contributed by atoms with Crippen LogP contribution in [0.25, 0.3) is 0 Å². The molecule has 0 amide bonds. The van der Waals surface area contributed by atoms with Crippen molar-refractivity contribution in [3.8, 4) is 0 Å². The maximum Gasteiger partial charge on any atom is 0.119 e. The largest absolute Gasteiger partial charge is 0.390 e. The van der Waals surface area contributed by atoms with Crippen LogP contribution >= 0.6 is 0 Å². The lowest BCUT2D eigenvalue weighted by Crippen LogP contribution is -2.25. The molecule has 0 aromatic rings. The summed E-state index contributed by atoms with van der Waals surface area (Å²) in [5.74, 6) is 0. The standard InChI is InChI=1S/C18H36O3/c1-2-3-4-5-8-11-14-17(20)18(21)15-12-9-6-7-10-13-16-19/h16-18,20-21H,2-15H2,1H3. The number of carbonyl (C=O) groups excluding carboxylic acids is 1. The number of unbranched alkanes of at least 4 members (excludes halogenated alkanes) is 10. The van der Waals surface area contributed by atoms with Crippen LogP contribution in [0.3, 0.4) is 0 Å². The van der Waals surface area contributed by atoms with Gasteiger partial charge in [0.25, 0.3) is 0 Å². The second kappa shape index (κ2) is 16.0. The molecule has 0 rings (SSSR count). The van der Waals surface area contributed by atoms with E-state index in [1.54, 1.807) is 0 Å². The van der Waals surface area contributed by atoms with Crippen LogP contribution < -0.4 is 0 Å². The van der Waals surface area contributed by atoms with Crippen molar-refractivity contribution >= 4 is 6.29 Å². The van der Waals surface area contributed by atoms with E-state index >= 15 is 0 Å². The maximum atomic E-state index is 10.2. The van der Waals surface area contributed by atoms with Crippen LogP contribution in [0.15, 0.2) is 0 Å². The van der Waals surface area contributed by atoms with Gasteiger partial charge in [0.1, 0.15) is 6.29 Å². The highest BCUT2D eigenvalue weighted by Crippen LogP contribution is 2.14. The summed E-state index contributed by atoms with van der Waals surface area (Å²) in [6.45, 7) is 2.21. The van der Waals surface area contributed by atoms with Crippen LogP contribution in [0.2, 0.25) is 0 Å². The van der Waals surface area contributed by atoms with Gasteiger partial charge in [0, 0.05) is 6.42 Å². The van der Waals surface area contributed by atoms with Gasteiger partial charge in [-0.3, -0.25) is 0 Å². The van der Waals surface area contributed by atoms with Crippen LogP contribution in [0.5, 0.6) is 0 Å². The van der Waals surface area contributed by atoms with Crippen LogP contribution in [-0.4, -0.2) is 28.7 Å². The fourth-order valence-corrected chi connectivity index (χ4v) is 2.63. The zero-order chi connectivity index (χ0) is 15.8. The quantitative estimate of drug-likeness (QED) is 0.328. The fraction of sp³-hybridized carbons (Fsp3) is 0.944. The van der Waals surface area contributed by atoms with Gasteiger partial charge in [-0.25, -0.2) is 0 Å². The van der Waals surface area contributed by atoms with Gasteiger partial charge in [0.05, 0.1) is 12.2 Å². The molecule has 0 spiro atoms. The van der Waals surface area contributed by atoms with Crippen molar-refractivity contribution in [1.82, 2.24) is 0 Å². The lowest BCUT2D eigenvalue weighted by atomic mass is 10.00. The summed E-state index contributed by atoms with van der Waals surface area (Å²) in [5.41, 5.74) is 0. The van der Waals surface area contributed by atoms with E-state index in [1.165, 1.54) is 32.1 Å². The van der Waals surface area contributed by atoms with E-state index in [1.807, 2.05) is 0 Å². The van der Waals surface area contributed by atoms with Crippen molar-refractivity contribution in [3.63, 3.8) is 0 Å². The summed E-state index contributed by atoms with van der Waals surface area (Å²) in [6.07, 6.45) is 14.5. The molecule has 0 aliphatic carbocycles. The molecule has 21 heavy (non-hydrogen) atoms. The predicted molar refractivity (Wildman–Crippen MR) is 88.4 cm³/mol. The first-order chi connectivity index (χ1) is 10.2. The summed E-state index contributed by atoms with van der Waals surface area (Å²) < 4.78 is 0. The number of aliphatic hydroxyl groups is 2. The zero-order valence-electron chi connectivity index (χ0n) is 13.9. The second-order valence-corrected chi connectivity index (χ2v) is 6.20. The van der Waals surface area contributed by atoms with E-state index < -0.39 is 12.2 Å². The molecule has 0 aliphatic rings. The van der Waals surface area contributed by atoms with E-state index in [0.717, 1.165) is 51.2 Å². The fourth-order valence-electron chi connectivity index (χ4n) is 2.63. The lowest BCUT2D eigenvalue weighted by Gasteiger charge is -2.17. The van der Waals surface area contributed by atoms with Crippen LogP contribution in [0.1, 0.15) is 96.8 Å². The van der Waals surface area contributed by atoms with Crippen molar-refractivity contribution in [2.24, 2.45) is 0 Å². The summed E-state index contributed by atoms with van der Waals surface area (Å²) >= 11 is 0. The highest BCUT2D eigenvalue weighted by atomic mass is 16.3. The van der Waals surface area contributed by atoms with Gasteiger partial charge in [0.2, 0.25) is 0 Å². The molecule has 3 nitrogen and oxygen atoms in total. The molecule has 126 valence electrons. The third-order valence-electron chi connectivity index (χ3n) is 4.12. The molecule has 0 aliphatic heterocycles. The van der Waals surface area contributed by atoms with Crippen LogP contribution in [0, 0.1) is 0 Å². The van der Waals surface area contributed by atoms with E-state index in [0.29, 0.717) is 12.8 Å². The maximum absolute atomic E-state index is 10.2. The van der Waals surface area contributed by atoms with E-state index in [-0.39, 0.29) is 0 Å². The first-order valence-corrected chi connectivity index (χ1v) is 9.02. The molecule has 2 N–H and O–H groups in total. The Kier molecular flexibility index (Phi) is 15.7. The number of hydrogen-bond donors (Lipinski definition) is 2. The van der Waals surface area contributed by atoms with Crippen molar-refractivity contribution in [2.75, 3.05) is 0 Å². The normalized spacial score (nSPS) is 14.0. The van der Waals surface area contributed by atoms with E-state index in [4.69, 9.17) is 0 Å². The zero-order valence-corrected chi connectivity index (χ0v) is 13.9. The number of aliphatic hydroxyl groups excluding tert-OH is 2. The monoisotopic (exact) mass is 300 g/mol. The highest BCUT2D eigenvalue weighted by Gasteiger charge is 2.14. The third-order valence-corrected chi connectivity index (χ3v) is 4.12. The Labute approximate surface area is 131 Å². The highest BCUT2D eigenvalue weighted by molar-refractivity contribution is 5.48. The van der Waals surface area contributed by atoms with Gasteiger partial charge >= 0.3 is 0 Å². The Hall–Kier alpha value is -0.410. The minimum Gasteiger partial charge on any atom is -0.390 e. The van der Waals surface area contributed by atoms with E-state index in [2.05, 4.69) is 6.92 Å². The minimum absolute atomic E-state index is 0.550. The Balaban J connectivity index is 3.36. The summed E-state index contributed by atoms with van der Waals surface area (Å²) in [6, 6.07) is 0. The van der Waals surface area contributed by atoms with Crippen molar-refractivity contribution in [2.45, 2.75) is 109 Å². The van der Waals surface area contributed by atoms with Crippen LogP contribution in [0.4, 0.5) is 0 Å². The number of aldehydes is 1. The molecular weight excluding hydrogens is 264 g/mol. The molecule has 0 aromatic carbocycles. The van der Waals surface area contributed by atoms with Gasteiger partial charge in [-0.1, -0.05) is 71.1 Å². The molecule has 2 atom stereocenters. The predicted octanol–water partition coefficient (Wildman–Crippen LogP) is 4.39. The van der Waals surface area contributed by atoms with Gasteiger partial charge in [0.15, 0.2) is 0 Å². The molecule has 0 radical (unpaired) electrons. The summed E-state index contributed by atoms with van der Waals surface area (Å²) in [5, 5.41) is 19.8. The molecule has 0 heterocycles. The Morgan fingerprint density at radius 3 is 1.62 bits per heavy atom. The first kappa shape index (κ1) is 20.6. The molecule has 0 saturated carbocycles. The number of rotatable bonds is 16. The average Bonchev–Trinajstić information content (AvgIpc) is 2.49. The first-order valence-electron chi connectivity index (χ1n) is 9.02. The molecule has 2 unspecified atom stereocenters. The number of hydrogen-bond acceptors (Lipinski definition) is 3. The SMILES string of the molecule is CCCCCCCCC(O)C(O)CCCCCCCC=O. The second-order valence-electron chi connectivity index (χ2n) is 6.20. The third kappa shape index (κ3) is 14.3. The van der Waals surface area contributed by atoms with E-state index in [9.17, 15) is 15.0 Å². The molecule has 3 heteroatoms. The Morgan fingerprint density at radius 2 is 1.14 bits per heavy atom. The molecule has 0 fully saturated rings. The smallest absolute Gasteiger partial charge is 0.119 e. The average molecular weight is 300 g/mol. The molecule has 0 saturated heterocycles. The van der Waals surface area contributed by atoms with Gasteiger partial charge < -0.3 is 15.0 Å². The summed E-state index contributed by atoms with van der Waals surface area (Å²) in [4.78, 5) is 10.2. The Bertz CT molecular complexity index is 219.